The van der Waals surface area contributed by atoms with Gasteiger partial charge in [0.25, 0.3) is 0 Å². The molecular weight excluding hydrogens is 1000 g/mol. The second-order valence-electron chi connectivity index (χ2n) is 17.5. The quantitative estimate of drug-likeness (QED) is 0.102. The van der Waals surface area contributed by atoms with Crippen molar-refractivity contribution >= 4 is 76.9 Å². The summed E-state index contributed by atoms with van der Waals surface area (Å²) in [5.41, 5.74) is 1.98. The second-order valence-corrected chi connectivity index (χ2v) is 24.2. The van der Waals surface area contributed by atoms with Crippen LogP contribution < -0.4 is 10.6 Å². The van der Waals surface area contributed by atoms with Crippen LogP contribution in [-0.4, -0.2) is 89.0 Å². The molecule has 10 nitrogen and oxygen atoms in total. The molecule has 0 radical (unpaired) electrons. The predicted octanol–water partition coefficient (Wildman–Crippen LogP) is 11.5. The molecule has 0 spiro atoms. The lowest BCUT2D eigenvalue weighted by Crippen LogP contribution is -2.47. The van der Waals surface area contributed by atoms with E-state index in [0.717, 1.165) is 49.9 Å². The summed E-state index contributed by atoms with van der Waals surface area (Å²) >= 11 is 15.3. The van der Waals surface area contributed by atoms with Gasteiger partial charge in [0.2, 0.25) is 0 Å². The van der Waals surface area contributed by atoms with Gasteiger partial charge in [-0.25, -0.2) is 44.4 Å². The molecule has 2 aliphatic rings. The molecule has 2 aliphatic carbocycles. The average molecular weight is 1050 g/mol. The number of halogens is 6. The van der Waals surface area contributed by atoms with Gasteiger partial charge in [-0.2, -0.15) is 0 Å². The first-order chi connectivity index (χ1) is 32.3. The Labute approximate surface area is 413 Å². The first kappa shape index (κ1) is 51.7. The van der Waals surface area contributed by atoms with Crippen LogP contribution in [0.1, 0.15) is 71.5 Å². The molecule has 0 unspecified atom stereocenters. The lowest BCUT2D eigenvalue weighted by Gasteiger charge is -2.41. The van der Waals surface area contributed by atoms with Crippen LogP contribution in [0.25, 0.3) is 0 Å². The largest absolute Gasteiger partial charge is 0.379 e. The summed E-state index contributed by atoms with van der Waals surface area (Å²) in [6.45, 7) is 0. The molecule has 0 bridgehead atoms. The fourth-order valence-corrected chi connectivity index (χ4v) is 14.6. The number of benzene rings is 4. The highest BCUT2D eigenvalue weighted by Gasteiger charge is 2.36. The molecule has 2 heterocycles. The van der Waals surface area contributed by atoms with Gasteiger partial charge in [-0.05, 0) is 126 Å². The van der Waals surface area contributed by atoms with E-state index in [0.29, 0.717) is 45.4 Å². The van der Waals surface area contributed by atoms with E-state index in [1.54, 1.807) is 22.9 Å². The number of hydrogen-bond acceptors (Lipinski definition) is 12. The highest BCUT2D eigenvalue weighted by molar-refractivity contribution is 7.91. The summed E-state index contributed by atoms with van der Waals surface area (Å²) in [5, 5.41) is 11.0. The first-order valence-electron chi connectivity index (χ1n) is 21.9. The van der Waals surface area contributed by atoms with E-state index in [9.17, 15) is 25.6 Å². The van der Waals surface area contributed by atoms with Crippen molar-refractivity contribution in [1.29, 1.82) is 0 Å². The van der Waals surface area contributed by atoms with Crippen LogP contribution in [0.5, 0.6) is 0 Å². The Kier molecular flexibility index (Phi) is 17.0. The van der Waals surface area contributed by atoms with E-state index < -0.39 is 41.1 Å². The van der Waals surface area contributed by atoms with Crippen molar-refractivity contribution < 1.29 is 34.4 Å². The maximum atomic E-state index is 15.0. The molecule has 68 heavy (non-hydrogen) atoms. The Morgan fingerprint density at radius 2 is 0.971 bits per heavy atom. The molecule has 8 rings (SSSR count). The van der Waals surface area contributed by atoms with Crippen molar-refractivity contribution in [2.24, 2.45) is 0 Å². The topological polar surface area (TPSA) is 125 Å². The Morgan fingerprint density at radius 1 is 0.588 bits per heavy atom. The number of aromatic nitrogens is 2. The molecule has 364 valence electrons. The van der Waals surface area contributed by atoms with Crippen LogP contribution in [0.2, 0.25) is 10.0 Å². The number of nitrogens with one attached hydrogen (secondary N) is 2. The van der Waals surface area contributed by atoms with Crippen molar-refractivity contribution in [2.45, 2.75) is 95.8 Å². The van der Waals surface area contributed by atoms with E-state index in [1.165, 1.54) is 47.2 Å². The number of sulfone groups is 2. The zero-order valence-corrected chi connectivity index (χ0v) is 42.5. The number of hydrogen-bond donors (Lipinski definition) is 2. The van der Waals surface area contributed by atoms with Crippen LogP contribution in [0.4, 0.5) is 28.9 Å². The summed E-state index contributed by atoms with van der Waals surface area (Å²) in [4.78, 5) is 11.2. The molecule has 6 aromatic rings. The van der Waals surface area contributed by atoms with Crippen LogP contribution in [0.3, 0.4) is 0 Å². The van der Waals surface area contributed by atoms with Crippen LogP contribution in [0, 0.1) is 23.3 Å². The van der Waals surface area contributed by atoms with Crippen LogP contribution in [0.15, 0.2) is 106 Å². The van der Waals surface area contributed by atoms with Crippen molar-refractivity contribution in [3.63, 3.8) is 0 Å². The normalized spacial score (nSPS) is 21.1. The van der Waals surface area contributed by atoms with Gasteiger partial charge in [-0.1, -0.05) is 59.6 Å². The molecule has 2 aromatic heterocycles. The molecule has 0 saturated heterocycles. The molecule has 0 aliphatic heterocycles. The van der Waals surface area contributed by atoms with Crippen molar-refractivity contribution in [2.75, 3.05) is 38.8 Å². The van der Waals surface area contributed by atoms with Gasteiger partial charge in [0.05, 0.1) is 21.4 Å². The lowest BCUT2D eigenvalue weighted by molar-refractivity contribution is 0.197. The van der Waals surface area contributed by atoms with E-state index >= 15 is 8.78 Å². The Bertz CT molecular complexity index is 2700. The molecule has 2 saturated carbocycles. The molecule has 4 aromatic carbocycles. The van der Waals surface area contributed by atoms with E-state index in [2.05, 4.69) is 30.4 Å². The van der Waals surface area contributed by atoms with Gasteiger partial charge >= 0.3 is 0 Å². The van der Waals surface area contributed by atoms with Gasteiger partial charge in [0.15, 0.2) is 19.7 Å². The zero-order valence-electron chi connectivity index (χ0n) is 37.7. The van der Waals surface area contributed by atoms with Crippen LogP contribution in [-0.2, 0) is 31.2 Å². The molecule has 20 heteroatoms. The molecular formula is C48H52Cl2F4N6O4S4. The van der Waals surface area contributed by atoms with Crippen LogP contribution >= 0.6 is 45.9 Å². The fourth-order valence-electron chi connectivity index (χ4n) is 9.32. The Balaban J connectivity index is 0.000000201. The first-order valence-corrected chi connectivity index (χ1v) is 27.7. The average Bonchev–Trinajstić information content (AvgIpc) is 4.00. The number of likely N-dealkylation sites (N-methyl/N-ethyl adjacent to an activating group) is 2. The number of thiazole rings is 2. The number of anilines is 2. The van der Waals surface area contributed by atoms with Crippen molar-refractivity contribution in [1.82, 2.24) is 19.8 Å². The van der Waals surface area contributed by atoms with Gasteiger partial charge in [-0.15, -0.1) is 22.7 Å². The van der Waals surface area contributed by atoms with Gasteiger partial charge in [-0.3, -0.25) is 0 Å². The third-order valence-electron chi connectivity index (χ3n) is 12.6. The fraction of sp³-hybridized carbons (Fsp3) is 0.375. The summed E-state index contributed by atoms with van der Waals surface area (Å²) in [7, 11) is -0.0126. The monoisotopic (exact) mass is 1050 g/mol. The molecule has 6 atom stereocenters. The van der Waals surface area contributed by atoms with Crippen molar-refractivity contribution in [3.05, 3.63) is 150 Å². The van der Waals surface area contributed by atoms with E-state index in [4.69, 9.17) is 23.2 Å². The number of nitrogens with zero attached hydrogens (tertiary/aromatic N) is 4. The maximum absolute atomic E-state index is 15.0. The summed E-state index contributed by atoms with van der Waals surface area (Å²) in [5.74, 6) is -2.95. The van der Waals surface area contributed by atoms with Gasteiger partial charge in [0, 0.05) is 47.3 Å². The molecule has 0 amide bonds. The highest BCUT2D eigenvalue weighted by Crippen LogP contribution is 2.41. The van der Waals surface area contributed by atoms with Gasteiger partial charge < -0.3 is 20.4 Å². The highest BCUT2D eigenvalue weighted by atomic mass is 35.5. The minimum atomic E-state index is -3.95. The van der Waals surface area contributed by atoms with E-state index in [-0.39, 0.29) is 69.2 Å². The van der Waals surface area contributed by atoms with Crippen molar-refractivity contribution in [3.8, 4) is 0 Å². The number of rotatable bonds is 14. The third-order valence-corrected chi connectivity index (χ3v) is 18.5. The predicted molar refractivity (Wildman–Crippen MR) is 265 cm³/mol. The molecule has 2 N–H and O–H groups in total. The summed E-state index contributed by atoms with van der Waals surface area (Å²) in [6.07, 6.45) is 7.58. The Hall–Kier alpha value is -4.14. The third kappa shape index (κ3) is 12.4. The maximum Gasteiger partial charge on any atom is 0.187 e. The standard InChI is InChI=1S/2C24H26ClF2N3O2S2/c2*1-30(2)22-8-7-15(16-5-3-4-6-18(16)26)11-21(22)29-20-13-19(27)23(12-17(20)25)34(31,32)14-24-28-9-10-33-24/h2*3-6,9-10,12-13,15,21-22,29H,7-8,11,14H2,1-2H3/t15-,21+,22+;15-,21-,22-/m10/s1. The second kappa shape index (κ2) is 22.3. The zero-order chi connectivity index (χ0) is 48.9. The van der Waals surface area contributed by atoms with E-state index in [1.807, 2.05) is 52.5 Å². The lowest BCUT2D eigenvalue weighted by atomic mass is 9.78. The SMILES string of the molecule is CN(C)[C@H]1CC[C@@H](c2ccccc2F)C[C@@H]1Nc1cc(F)c(S(=O)(=O)Cc2nccs2)cc1Cl.CN(C)[C@H]1CC[C@H](c2ccccc2F)C[C@@H]1Nc1cc(F)c(S(=O)(=O)Cc2nccs2)cc1Cl. The molecule has 2 fully saturated rings. The summed E-state index contributed by atoms with van der Waals surface area (Å²) < 4.78 is 110. The Morgan fingerprint density at radius 3 is 1.31 bits per heavy atom. The van der Waals surface area contributed by atoms with Gasteiger partial charge in [0.1, 0.15) is 54.6 Å². The minimum Gasteiger partial charge on any atom is -0.379 e. The summed E-state index contributed by atoms with van der Waals surface area (Å²) in [6, 6.07) is 18.1. The minimum absolute atomic E-state index is 0.0106. The smallest absolute Gasteiger partial charge is 0.187 e.